The molecule has 7 heteroatoms. The molecule has 0 aromatic carbocycles. The van der Waals surface area contributed by atoms with Crippen LogP contribution < -0.4 is 10.6 Å². The Kier molecular flexibility index (Phi) is 4.51. The van der Waals surface area contributed by atoms with Crippen LogP contribution in [0.25, 0.3) is 0 Å². The highest BCUT2D eigenvalue weighted by Crippen LogP contribution is 2.21. The van der Waals surface area contributed by atoms with Crippen LogP contribution in [0.3, 0.4) is 0 Å². The average Bonchev–Trinajstić information content (AvgIpc) is 2.22. The van der Waals surface area contributed by atoms with Crippen molar-refractivity contribution in [2.45, 2.75) is 26.3 Å². The van der Waals surface area contributed by atoms with E-state index in [2.05, 4.69) is 10.6 Å². The molecule has 1 aliphatic rings. The van der Waals surface area contributed by atoms with E-state index in [1.54, 1.807) is 13.8 Å². The topological polar surface area (TPSA) is 78.5 Å². The number of piperazine rings is 1. The molecule has 0 unspecified atom stereocenters. The second-order valence-corrected chi connectivity index (χ2v) is 6.57. The van der Waals surface area contributed by atoms with Gasteiger partial charge >= 0.3 is 0 Å². The number of nitrogens with zero attached hydrogens (tertiary/aromatic N) is 1. The Hall–Kier alpha value is -0.660. The molecule has 0 radical (unpaired) electrons. The molecule has 6 nitrogen and oxygen atoms in total. The highest BCUT2D eigenvalue weighted by molar-refractivity contribution is 7.89. The van der Waals surface area contributed by atoms with E-state index in [1.807, 2.05) is 6.92 Å². The Morgan fingerprint density at radius 2 is 2.12 bits per heavy atom. The van der Waals surface area contributed by atoms with E-state index in [-0.39, 0.29) is 11.7 Å². The van der Waals surface area contributed by atoms with Gasteiger partial charge in [0.25, 0.3) is 0 Å². The van der Waals surface area contributed by atoms with Gasteiger partial charge in [-0.05, 0) is 20.4 Å². The number of sulfonamides is 1. The van der Waals surface area contributed by atoms with Crippen molar-refractivity contribution in [3.8, 4) is 0 Å². The summed E-state index contributed by atoms with van der Waals surface area (Å²) in [7, 11) is -3.39. The number of rotatable bonds is 5. The molecule has 1 fully saturated rings. The van der Waals surface area contributed by atoms with Crippen LogP contribution in [0, 0.1) is 0 Å². The van der Waals surface area contributed by atoms with Crippen molar-refractivity contribution in [2.75, 3.05) is 31.9 Å². The lowest BCUT2D eigenvalue weighted by molar-refractivity contribution is -0.131. The number of carbonyl (C=O) groups is 1. The van der Waals surface area contributed by atoms with Crippen molar-refractivity contribution in [3.63, 3.8) is 0 Å². The molecule has 0 bridgehead atoms. The molecular weight excluding hydrogens is 242 g/mol. The van der Waals surface area contributed by atoms with Gasteiger partial charge in [0.2, 0.25) is 15.9 Å². The second kappa shape index (κ2) is 5.32. The van der Waals surface area contributed by atoms with Crippen LogP contribution in [0.2, 0.25) is 0 Å². The summed E-state index contributed by atoms with van der Waals surface area (Å²) >= 11 is 0. The van der Waals surface area contributed by atoms with Crippen LogP contribution in [0.5, 0.6) is 0 Å². The summed E-state index contributed by atoms with van der Waals surface area (Å²) in [4.78, 5) is 11.7. The number of hydrogen-bond acceptors (Lipinski definition) is 4. The first-order valence-electron chi connectivity index (χ1n) is 5.82. The van der Waals surface area contributed by atoms with E-state index in [0.29, 0.717) is 19.6 Å². The molecular formula is C10H21N3O3S. The standard InChI is InChI=1S/C10H21N3O3S/c1-4-11-6-8-17(15,16)13-7-5-12-9(14)10(13,2)3/h11H,4-8H2,1-3H3,(H,12,14). The van der Waals surface area contributed by atoms with E-state index < -0.39 is 15.6 Å². The Morgan fingerprint density at radius 3 is 2.71 bits per heavy atom. The van der Waals surface area contributed by atoms with E-state index >= 15 is 0 Å². The fourth-order valence-corrected chi connectivity index (χ4v) is 3.63. The number of nitrogens with one attached hydrogen (secondary N) is 2. The molecule has 0 saturated carbocycles. The molecule has 0 spiro atoms. The third-order valence-electron chi connectivity index (χ3n) is 2.90. The molecule has 0 aromatic rings. The van der Waals surface area contributed by atoms with Crippen molar-refractivity contribution in [2.24, 2.45) is 0 Å². The summed E-state index contributed by atoms with van der Waals surface area (Å²) in [6.45, 7) is 7.05. The largest absolute Gasteiger partial charge is 0.353 e. The lowest BCUT2D eigenvalue weighted by Gasteiger charge is -2.39. The first-order valence-corrected chi connectivity index (χ1v) is 7.43. The van der Waals surface area contributed by atoms with Gasteiger partial charge in [0.1, 0.15) is 5.54 Å². The quantitative estimate of drug-likeness (QED) is 0.633. The maximum atomic E-state index is 12.1. The fourth-order valence-electron chi connectivity index (χ4n) is 1.85. The predicted octanol–water partition coefficient (Wildman–Crippen LogP) is -0.864. The normalized spacial score (nSPS) is 21.2. The fraction of sp³-hybridized carbons (Fsp3) is 0.900. The smallest absolute Gasteiger partial charge is 0.241 e. The molecule has 0 aliphatic carbocycles. The van der Waals surface area contributed by atoms with Crippen LogP contribution in [-0.4, -0.2) is 56.1 Å². The molecule has 1 rings (SSSR count). The molecule has 0 aromatic heterocycles. The van der Waals surface area contributed by atoms with E-state index in [9.17, 15) is 13.2 Å². The van der Waals surface area contributed by atoms with Gasteiger partial charge in [0.15, 0.2) is 0 Å². The van der Waals surface area contributed by atoms with Crippen LogP contribution in [0.1, 0.15) is 20.8 Å². The minimum Gasteiger partial charge on any atom is -0.353 e. The second-order valence-electron chi connectivity index (χ2n) is 4.56. The first-order chi connectivity index (χ1) is 7.82. The van der Waals surface area contributed by atoms with Crippen LogP contribution in [-0.2, 0) is 14.8 Å². The van der Waals surface area contributed by atoms with Crippen LogP contribution in [0.15, 0.2) is 0 Å². The zero-order valence-electron chi connectivity index (χ0n) is 10.6. The molecule has 1 aliphatic heterocycles. The summed E-state index contributed by atoms with van der Waals surface area (Å²) in [5, 5.41) is 5.66. The Balaban J connectivity index is 2.79. The van der Waals surface area contributed by atoms with Gasteiger partial charge in [0, 0.05) is 19.6 Å². The SMILES string of the molecule is CCNCCS(=O)(=O)N1CCNC(=O)C1(C)C. The van der Waals surface area contributed by atoms with Crippen molar-refractivity contribution in [1.29, 1.82) is 0 Å². The Morgan fingerprint density at radius 1 is 1.47 bits per heavy atom. The zero-order chi connectivity index (χ0) is 13.1. The van der Waals surface area contributed by atoms with Crippen molar-refractivity contribution in [1.82, 2.24) is 14.9 Å². The average molecular weight is 263 g/mol. The predicted molar refractivity (Wildman–Crippen MR) is 66.1 cm³/mol. The summed E-state index contributed by atoms with van der Waals surface area (Å²) in [5.41, 5.74) is -0.997. The van der Waals surface area contributed by atoms with E-state index in [0.717, 1.165) is 6.54 Å². The minimum absolute atomic E-state index is 0.0253. The molecule has 1 saturated heterocycles. The van der Waals surface area contributed by atoms with Gasteiger partial charge in [-0.1, -0.05) is 6.92 Å². The van der Waals surface area contributed by atoms with Gasteiger partial charge in [-0.3, -0.25) is 4.79 Å². The molecule has 17 heavy (non-hydrogen) atoms. The molecule has 0 atom stereocenters. The van der Waals surface area contributed by atoms with Gasteiger partial charge in [0.05, 0.1) is 5.75 Å². The van der Waals surface area contributed by atoms with Crippen molar-refractivity contribution < 1.29 is 13.2 Å². The van der Waals surface area contributed by atoms with Gasteiger partial charge in [-0.25, -0.2) is 8.42 Å². The maximum absolute atomic E-state index is 12.1. The van der Waals surface area contributed by atoms with E-state index in [1.165, 1.54) is 4.31 Å². The van der Waals surface area contributed by atoms with Gasteiger partial charge in [-0.2, -0.15) is 4.31 Å². The third-order valence-corrected chi connectivity index (χ3v) is 4.93. The summed E-state index contributed by atoms with van der Waals surface area (Å²) in [6.07, 6.45) is 0. The zero-order valence-corrected chi connectivity index (χ0v) is 11.4. The van der Waals surface area contributed by atoms with Crippen molar-refractivity contribution >= 4 is 15.9 Å². The molecule has 1 amide bonds. The lowest BCUT2D eigenvalue weighted by atomic mass is 10.0. The van der Waals surface area contributed by atoms with Crippen LogP contribution >= 0.6 is 0 Å². The summed E-state index contributed by atoms with van der Waals surface area (Å²) in [5.74, 6) is -0.215. The van der Waals surface area contributed by atoms with Crippen molar-refractivity contribution in [3.05, 3.63) is 0 Å². The first kappa shape index (κ1) is 14.4. The monoisotopic (exact) mass is 263 g/mol. The molecule has 1 heterocycles. The molecule has 100 valence electrons. The maximum Gasteiger partial charge on any atom is 0.241 e. The minimum atomic E-state index is -3.39. The highest BCUT2D eigenvalue weighted by Gasteiger charge is 2.43. The number of carbonyl (C=O) groups excluding carboxylic acids is 1. The molecule has 2 N–H and O–H groups in total. The Labute approximate surface area is 103 Å². The van der Waals surface area contributed by atoms with Crippen LogP contribution in [0.4, 0.5) is 0 Å². The van der Waals surface area contributed by atoms with Gasteiger partial charge < -0.3 is 10.6 Å². The number of hydrogen-bond donors (Lipinski definition) is 2. The lowest BCUT2D eigenvalue weighted by Crippen LogP contribution is -2.63. The third kappa shape index (κ3) is 3.17. The summed E-state index contributed by atoms with van der Waals surface area (Å²) < 4.78 is 25.6. The Bertz CT molecular complexity index is 378. The van der Waals surface area contributed by atoms with Gasteiger partial charge in [-0.15, -0.1) is 0 Å². The van der Waals surface area contributed by atoms with E-state index in [4.69, 9.17) is 0 Å². The number of amides is 1. The summed E-state index contributed by atoms with van der Waals surface area (Å²) in [6, 6.07) is 0. The highest BCUT2D eigenvalue weighted by atomic mass is 32.2.